The van der Waals surface area contributed by atoms with Crippen molar-refractivity contribution in [3.05, 3.63) is 30.0 Å². The molecule has 0 fully saturated rings. The summed E-state index contributed by atoms with van der Waals surface area (Å²) in [6, 6.07) is 5.38. The van der Waals surface area contributed by atoms with Crippen molar-refractivity contribution in [2.24, 2.45) is 0 Å². The van der Waals surface area contributed by atoms with Crippen LogP contribution in [0.15, 0.2) is 24.4 Å². The maximum atomic E-state index is 10.8. The lowest BCUT2D eigenvalue weighted by atomic mass is 10.0. The normalized spacial score (nSPS) is 14.5. The monoisotopic (exact) mass is 280 g/mol. The molecule has 5 nitrogen and oxygen atoms in total. The van der Waals surface area contributed by atoms with Gasteiger partial charge in [-0.1, -0.05) is 23.9 Å². The van der Waals surface area contributed by atoms with Gasteiger partial charge in [0.2, 0.25) is 0 Å². The fourth-order valence-electron chi connectivity index (χ4n) is 1.84. The minimum absolute atomic E-state index is 0.0144. The number of hydrogen-bond acceptors (Lipinski definition) is 5. The van der Waals surface area contributed by atoms with E-state index in [4.69, 9.17) is 0 Å². The fraction of sp³-hybridized carbons (Fsp3) is 0.385. The first-order chi connectivity index (χ1) is 9.08. The Morgan fingerprint density at radius 2 is 2.26 bits per heavy atom. The standard InChI is InChI=1S/C13H16N2O3S/c1-8(16)19-5-4-12(17)13(18)9-2-3-10-7-14-15-11(10)6-9/h2-3,6-7,12-13,17-18H,4-5H2,1H3,(H,14,15). The number of aliphatic hydroxyl groups is 2. The molecule has 0 spiro atoms. The number of aromatic amines is 1. The van der Waals surface area contributed by atoms with Crippen LogP contribution in [0.4, 0.5) is 0 Å². The first-order valence-electron chi connectivity index (χ1n) is 6.00. The van der Waals surface area contributed by atoms with Gasteiger partial charge in [-0.25, -0.2) is 0 Å². The Bertz CT molecular complexity index is 570. The molecule has 2 unspecified atom stereocenters. The van der Waals surface area contributed by atoms with Crippen LogP contribution in [-0.2, 0) is 4.79 Å². The SMILES string of the molecule is CC(=O)SCCC(O)C(O)c1ccc2cn[nH]c2c1. The Morgan fingerprint density at radius 3 is 3.00 bits per heavy atom. The molecule has 0 saturated carbocycles. The fourth-order valence-corrected chi connectivity index (χ4v) is 2.49. The van der Waals surface area contributed by atoms with Gasteiger partial charge in [-0.05, 0) is 18.1 Å². The van der Waals surface area contributed by atoms with Gasteiger partial charge < -0.3 is 10.2 Å². The van der Waals surface area contributed by atoms with E-state index >= 15 is 0 Å². The second-order valence-electron chi connectivity index (χ2n) is 4.36. The lowest BCUT2D eigenvalue weighted by molar-refractivity contribution is -0.109. The number of nitrogens with one attached hydrogen (secondary N) is 1. The summed E-state index contributed by atoms with van der Waals surface area (Å²) in [5.41, 5.74) is 1.46. The van der Waals surface area contributed by atoms with E-state index in [1.54, 1.807) is 18.3 Å². The Morgan fingerprint density at radius 1 is 1.47 bits per heavy atom. The van der Waals surface area contributed by atoms with Crippen molar-refractivity contribution in [2.45, 2.75) is 25.6 Å². The largest absolute Gasteiger partial charge is 0.390 e. The average Bonchev–Trinajstić information content (AvgIpc) is 2.84. The quantitative estimate of drug-likeness (QED) is 0.775. The Hall–Kier alpha value is -1.37. The van der Waals surface area contributed by atoms with Crippen molar-refractivity contribution in [1.29, 1.82) is 0 Å². The number of carbonyl (C=O) groups is 1. The number of hydrogen-bond donors (Lipinski definition) is 3. The molecule has 2 rings (SSSR count). The highest BCUT2D eigenvalue weighted by Gasteiger charge is 2.18. The zero-order valence-electron chi connectivity index (χ0n) is 10.5. The summed E-state index contributed by atoms with van der Waals surface area (Å²) in [4.78, 5) is 10.8. The average molecular weight is 280 g/mol. The summed E-state index contributed by atoms with van der Waals surface area (Å²) in [6.07, 6.45) is 0.227. The maximum Gasteiger partial charge on any atom is 0.185 e. The minimum atomic E-state index is -0.958. The number of aromatic nitrogens is 2. The van der Waals surface area contributed by atoms with Crippen LogP contribution in [0.2, 0.25) is 0 Å². The molecule has 0 aliphatic heterocycles. The van der Waals surface area contributed by atoms with Crippen molar-refractivity contribution in [1.82, 2.24) is 10.2 Å². The van der Waals surface area contributed by atoms with Gasteiger partial charge in [-0.3, -0.25) is 9.89 Å². The lowest BCUT2D eigenvalue weighted by Crippen LogP contribution is -2.19. The molecule has 2 atom stereocenters. The van der Waals surface area contributed by atoms with Gasteiger partial charge in [-0.15, -0.1) is 0 Å². The molecule has 0 bridgehead atoms. The van der Waals surface area contributed by atoms with E-state index < -0.39 is 12.2 Å². The highest BCUT2D eigenvalue weighted by molar-refractivity contribution is 8.13. The third-order valence-corrected chi connectivity index (χ3v) is 3.74. The van der Waals surface area contributed by atoms with Crippen LogP contribution < -0.4 is 0 Å². The Kier molecular flexibility index (Phi) is 4.57. The number of benzene rings is 1. The molecule has 1 aromatic carbocycles. The van der Waals surface area contributed by atoms with Gasteiger partial charge in [0.15, 0.2) is 5.12 Å². The van der Waals surface area contributed by atoms with Crippen LogP contribution in [0.1, 0.15) is 25.0 Å². The van der Waals surface area contributed by atoms with E-state index in [1.165, 1.54) is 6.92 Å². The van der Waals surface area contributed by atoms with E-state index in [0.717, 1.165) is 22.7 Å². The predicted molar refractivity (Wildman–Crippen MR) is 74.8 cm³/mol. The summed E-state index contributed by atoms with van der Waals surface area (Å²) in [5, 5.41) is 27.7. The molecular formula is C13H16N2O3S. The number of nitrogens with zero attached hydrogens (tertiary/aromatic N) is 1. The van der Waals surface area contributed by atoms with Gasteiger partial charge in [0.05, 0.1) is 17.8 Å². The van der Waals surface area contributed by atoms with Crippen LogP contribution in [0, 0.1) is 0 Å². The van der Waals surface area contributed by atoms with Crippen LogP contribution in [-0.4, -0.2) is 37.4 Å². The Labute approximate surface area is 115 Å². The third-order valence-electron chi connectivity index (χ3n) is 2.89. The van der Waals surface area contributed by atoms with Crippen LogP contribution in [0.25, 0.3) is 10.9 Å². The van der Waals surface area contributed by atoms with E-state index in [-0.39, 0.29) is 5.12 Å². The van der Waals surface area contributed by atoms with Crippen LogP contribution in [0.3, 0.4) is 0 Å². The number of aliphatic hydroxyl groups excluding tert-OH is 2. The van der Waals surface area contributed by atoms with Crippen molar-refractivity contribution >= 4 is 27.8 Å². The number of fused-ring (bicyclic) bond motifs is 1. The van der Waals surface area contributed by atoms with Crippen LogP contribution >= 0.6 is 11.8 Å². The molecule has 3 N–H and O–H groups in total. The van der Waals surface area contributed by atoms with Crippen molar-refractivity contribution in [3.8, 4) is 0 Å². The second-order valence-corrected chi connectivity index (χ2v) is 5.63. The second kappa shape index (κ2) is 6.18. The van der Waals surface area contributed by atoms with Crippen molar-refractivity contribution < 1.29 is 15.0 Å². The molecule has 2 aromatic rings. The van der Waals surface area contributed by atoms with Gasteiger partial charge in [0, 0.05) is 18.1 Å². The van der Waals surface area contributed by atoms with Gasteiger partial charge in [0.1, 0.15) is 6.10 Å². The first-order valence-corrected chi connectivity index (χ1v) is 6.99. The number of H-pyrrole nitrogens is 1. The molecule has 19 heavy (non-hydrogen) atoms. The Balaban J connectivity index is 2.01. The molecule has 1 aromatic heterocycles. The molecule has 1 heterocycles. The minimum Gasteiger partial charge on any atom is -0.390 e. The van der Waals surface area contributed by atoms with E-state index in [1.807, 2.05) is 6.07 Å². The van der Waals surface area contributed by atoms with E-state index in [9.17, 15) is 15.0 Å². The van der Waals surface area contributed by atoms with E-state index in [2.05, 4.69) is 10.2 Å². The molecule has 102 valence electrons. The topological polar surface area (TPSA) is 86.2 Å². The maximum absolute atomic E-state index is 10.8. The molecule has 0 aliphatic carbocycles. The highest BCUT2D eigenvalue weighted by atomic mass is 32.2. The van der Waals surface area contributed by atoms with Crippen LogP contribution in [0.5, 0.6) is 0 Å². The number of rotatable bonds is 5. The summed E-state index contributed by atoms with van der Waals surface area (Å²) >= 11 is 1.15. The molecular weight excluding hydrogens is 264 g/mol. The molecule has 6 heteroatoms. The van der Waals surface area contributed by atoms with Gasteiger partial charge in [0.25, 0.3) is 0 Å². The van der Waals surface area contributed by atoms with Crippen molar-refractivity contribution in [2.75, 3.05) is 5.75 Å². The summed E-state index contributed by atoms with van der Waals surface area (Å²) in [6.45, 7) is 1.49. The first kappa shape index (κ1) is 14.0. The number of carbonyl (C=O) groups excluding carboxylic acids is 1. The van der Waals surface area contributed by atoms with Gasteiger partial charge in [-0.2, -0.15) is 5.10 Å². The van der Waals surface area contributed by atoms with Gasteiger partial charge >= 0.3 is 0 Å². The van der Waals surface area contributed by atoms with E-state index in [0.29, 0.717) is 17.7 Å². The third kappa shape index (κ3) is 3.56. The predicted octanol–water partition coefficient (Wildman–Crippen LogP) is 1.63. The highest BCUT2D eigenvalue weighted by Crippen LogP contribution is 2.23. The number of thioether (sulfide) groups is 1. The zero-order valence-corrected chi connectivity index (χ0v) is 11.4. The smallest absolute Gasteiger partial charge is 0.185 e. The summed E-state index contributed by atoms with van der Waals surface area (Å²) in [5.74, 6) is 0.500. The summed E-state index contributed by atoms with van der Waals surface area (Å²) in [7, 11) is 0. The molecule has 0 saturated heterocycles. The molecule has 0 amide bonds. The molecule has 0 aliphatic rings. The summed E-state index contributed by atoms with van der Waals surface area (Å²) < 4.78 is 0. The van der Waals surface area contributed by atoms with Crippen molar-refractivity contribution in [3.63, 3.8) is 0 Å². The lowest BCUT2D eigenvalue weighted by Gasteiger charge is -2.17. The zero-order chi connectivity index (χ0) is 13.8. The molecule has 0 radical (unpaired) electrons.